The summed E-state index contributed by atoms with van der Waals surface area (Å²) in [4.78, 5) is 0. The second kappa shape index (κ2) is 5.68. The highest BCUT2D eigenvalue weighted by atomic mass is 16.7. The Labute approximate surface area is 155 Å². The largest absolute Gasteiger partial charge is 0.507 e. The van der Waals surface area contributed by atoms with E-state index in [1.165, 1.54) is 0 Å². The molecule has 0 radical (unpaired) electrons. The fraction of sp³-hybridized carbons (Fsp3) is 0.400. The van der Waals surface area contributed by atoms with E-state index in [2.05, 4.69) is 0 Å². The van der Waals surface area contributed by atoms with Crippen molar-refractivity contribution in [1.82, 2.24) is 0 Å². The number of phenolic OH excluding ortho intramolecular Hbond substituents is 1. The van der Waals surface area contributed by atoms with E-state index in [9.17, 15) is 5.11 Å². The third-order valence-corrected chi connectivity index (χ3v) is 5.82. The first kappa shape index (κ1) is 15.4. The molecule has 0 saturated carbocycles. The highest BCUT2D eigenvalue weighted by molar-refractivity contribution is 5.52. The van der Waals surface area contributed by atoms with E-state index in [4.69, 9.17) is 28.4 Å². The Morgan fingerprint density at radius 1 is 0.704 bits per heavy atom. The highest BCUT2D eigenvalue weighted by Gasteiger charge is 2.49. The second-order valence-corrected chi connectivity index (χ2v) is 7.21. The first-order chi connectivity index (χ1) is 13.3. The lowest BCUT2D eigenvalue weighted by molar-refractivity contribution is 0.0185. The van der Waals surface area contributed by atoms with Crippen molar-refractivity contribution >= 4 is 0 Å². The molecule has 4 atom stereocenters. The van der Waals surface area contributed by atoms with Gasteiger partial charge in [0.15, 0.2) is 23.0 Å². The molecule has 2 fully saturated rings. The van der Waals surface area contributed by atoms with E-state index < -0.39 is 0 Å². The van der Waals surface area contributed by atoms with Crippen molar-refractivity contribution in [2.75, 3.05) is 26.8 Å². The van der Waals surface area contributed by atoms with Crippen LogP contribution in [-0.4, -0.2) is 31.9 Å². The lowest BCUT2D eigenvalue weighted by Gasteiger charge is -2.18. The zero-order valence-corrected chi connectivity index (χ0v) is 14.4. The molecule has 0 bridgehead atoms. The normalized spacial score (nSPS) is 29.9. The van der Waals surface area contributed by atoms with Gasteiger partial charge < -0.3 is 33.5 Å². The zero-order valence-electron chi connectivity index (χ0n) is 14.4. The maximum absolute atomic E-state index is 10.5. The minimum atomic E-state index is -0.233. The summed E-state index contributed by atoms with van der Waals surface area (Å²) in [6.45, 7) is 1.57. The van der Waals surface area contributed by atoms with Crippen molar-refractivity contribution < 1.29 is 33.5 Å². The standard InChI is InChI=1S/C20H18O7/c21-14-5-18-17(26-9-27-18)4-11(14)20-13-7-22-19(12(13)6-23-20)10-1-2-15-16(3-10)25-8-24-15/h1-5,12-13,19-21H,6-9H2. The van der Waals surface area contributed by atoms with Gasteiger partial charge in [0, 0.05) is 23.5 Å². The molecule has 0 spiro atoms. The van der Waals surface area contributed by atoms with Crippen LogP contribution in [0.15, 0.2) is 30.3 Å². The number of phenols is 1. The monoisotopic (exact) mass is 370 g/mol. The quantitative estimate of drug-likeness (QED) is 0.871. The number of hydrogen-bond acceptors (Lipinski definition) is 7. The molecule has 7 nitrogen and oxygen atoms in total. The highest BCUT2D eigenvalue weighted by Crippen LogP contribution is 2.53. The van der Waals surface area contributed by atoms with Crippen LogP contribution in [0.25, 0.3) is 0 Å². The topological polar surface area (TPSA) is 75.6 Å². The number of rotatable bonds is 2. The van der Waals surface area contributed by atoms with E-state index >= 15 is 0 Å². The van der Waals surface area contributed by atoms with Gasteiger partial charge in [0.2, 0.25) is 13.6 Å². The van der Waals surface area contributed by atoms with E-state index in [1.807, 2.05) is 24.3 Å². The molecule has 4 unspecified atom stereocenters. The maximum Gasteiger partial charge on any atom is 0.231 e. The van der Waals surface area contributed by atoms with Gasteiger partial charge in [0.05, 0.1) is 25.4 Å². The molecule has 2 aromatic rings. The summed E-state index contributed by atoms with van der Waals surface area (Å²) in [6.07, 6.45) is -0.297. The zero-order chi connectivity index (χ0) is 18.0. The molecule has 6 rings (SSSR count). The average molecular weight is 370 g/mol. The summed E-state index contributed by atoms with van der Waals surface area (Å²) in [5, 5.41) is 10.5. The maximum atomic E-state index is 10.5. The average Bonchev–Trinajstić information content (AvgIpc) is 3.43. The lowest BCUT2D eigenvalue weighted by atomic mass is 9.84. The van der Waals surface area contributed by atoms with Gasteiger partial charge >= 0.3 is 0 Å². The second-order valence-electron chi connectivity index (χ2n) is 7.21. The van der Waals surface area contributed by atoms with Gasteiger partial charge in [-0.15, -0.1) is 0 Å². The van der Waals surface area contributed by atoms with Crippen molar-refractivity contribution in [2.45, 2.75) is 12.2 Å². The number of aromatic hydroxyl groups is 1. The summed E-state index contributed by atoms with van der Waals surface area (Å²) < 4.78 is 33.9. The SMILES string of the molecule is Oc1cc2c(cc1C1OCC3C(c4ccc5c(c4)OCO5)OCC13)OCO2. The predicted molar refractivity (Wildman–Crippen MR) is 91.2 cm³/mol. The fourth-order valence-electron chi connectivity index (χ4n) is 4.48. The van der Waals surface area contributed by atoms with Gasteiger partial charge in [0.25, 0.3) is 0 Å². The molecule has 0 aliphatic carbocycles. The molecule has 1 N–H and O–H groups in total. The summed E-state index contributed by atoms with van der Waals surface area (Å²) in [6, 6.07) is 9.34. The van der Waals surface area contributed by atoms with E-state index in [-0.39, 0.29) is 43.4 Å². The van der Waals surface area contributed by atoms with E-state index in [0.717, 1.165) is 22.6 Å². The Bertz CT molecular complexity index is 911. The molecule has 7 heteroatoms. The van der Waals surface area contributed by atoms with Gasteiger partial charge in [0.1, 0.15) is 5.75 Å². The summed E-state index contributed by atoms with van der Waals surface area (Å²) in [5.74, 6) is 3.25. The number of ether oxygens (including phenoxy) is 6. The van der Waals surface area contributed by atoms with Crippen molar-refractivity contribution in [3.8, 4) is 28.7 Å². The first-order valence-electron chi connectivity index (χ1n) is 9.03. The Balaban J connectivity index is 1.29. The Morgan fingerprint density at radius 2 is 1.33 bits per heavy atom. The smallest absolute Gasteiger partial charge is 0.231 e. The van der Waals surface area contributed by atoms with Gasteiger partial charge in [-0.3, -0.25) is 0 Å². The molecule has 0 amide bonds. The molecule has 27 heavy (non-hydrogen) atoms. The van der Waals surface area contributed by atoms with Crippen LogP contribution in [0.5, 0.6) is 28.7 Å². The Hall–Kier alpha value is -2.64. The summed E-state index contributed by atoms with van der Waals surface area (Å²) in [7, 11) is 0. The molecule has 2 saturated heterocycles. The summed E-state index contributed by atoms with van der Waals surface area (Å²) >= 11 is 0. The van der Waals surface area contributed by atoms with Crippen molar-refractivity contribution in [1.29, 1.82) is 0 Å². The van der Waals surface area contributed by atoms with Crippen LogP contribution in [0.3, 0.4) is 0 Å². The van der Waals surface area contributed by atoms with E-state index in [0.29, 0.717) is 24.7 Å². The number of fused-ring (bicyclic) bond motifs is 3. The van der Waals surface area contributed by atoms with Crippen molar-refractivity contribution in [3.63, 3.8) is 0 Å². The van der Waals surface area contributed by atoms with Gasteiger partial charge in [-0.2, -0.15) is 0 Å². The van der Waals surface area contributed by atoms with Crippen LogP contribution in [0.2, 0.25) is 0 Å². The number of benzene rings is 2. The van der Waals surface area contributed by atoms with Crippen LogP contribution in [-0.2, 0) is 9.47 Å². The molecule has 4 heterocycles. The van der Waals surface area contributed by atoms with Crippen LogP contribution in [0.1, 0.15) is 23.3 Å². The molecule has 4 aliphatic heterocycles. The van der Waals surface area contributed by atoms with Crippen LogP contribution in [0, 0.1) is 11.8 Å². The Morgan fingerprint density at radius 3 is 2.15 bits per heavy atom. The van der Waals surface area contributed by atoms with Crippen molar-refractivity contribution in [3.05, 3.63) is 41.5 Å². The molecule has 4 aliphatic rings. The molecule has 140 valence electrons. The minimum absolute atomic E-state index is 0.0642. The van der Waals surface area contributed by atoms with Crippen LogP contribution >= 0.6 is 0 Å². The van der Waals surface area contributed by atoms with Crippen LogP contribution < -0.4 is 18.9 Å². The first-order valence-corrected chi connectivity index (χ1v) is 9.03. The van der Waals surface area contributed by atoms with Gasteiger partial charge in [-0.1, -0.05) is 6.07 Å². The van der Waals surface area contributed by atoms with Crippen LogP contribution in [0.4, 0.5) is 0 Å². The third kappa shape index (κ3) is 2.28. The lowest BCUT2D eigenvalue weighted by Crippen LogP contribution is -2.14. The fourth-order valence-corrected chi connectivity index (χ4v) is 4.48. The molecular weight excluding hydrogens is 352 g/mol. The molecule has 2 aromatic carbocycles. The van der Waals surface area contributed by atoms with Gasteiger partial charge in [-0.05, 0) is 23.8 Å². The Kier molecular flexibility index (Phi) is 3.24. The summed E-state index contributed by atoms with van der Waals surface area (Å²) in [5.41, 5.74) is 1.78. The van der Waals surface area contributed by atoms with E-state index in [1.54, 1.807) is 6.07 Å². The minimum Gasteiger partial charge on any atom is -0.507 e. The van der Waals surface area contributed by atoms with Gasteiger partial charge in [-0.25, -0.2) is 0 Å². The van der Waals surface area contributed by atoms with Crippen molar-refractivity contribution in [2.24, 2.45) is 11.8 Å². The molecular formula is C20H18O7. The predicted octanol–water partition coefficient (Wildman–Crippen LogP) is 2.92. The number of hydrogen-bond donors (Lipinski definition) is 1. The third-order valence-electron chi connectivity index (χ3n) is 5.82. The molecule has 0 aromatic heterocycles.